The third-order valence-corrected chi connectivity index (χ3v) is 3.50. The zero-order valence-electron chi connectivity index (χ0n) is 10.00. The van der Waals surface area contributed by atoms with Crippen molar-refractivity contribution in [3.8, 4) is 0 Å². The van der Waals surface area contributed by atoms with Crippen LogP contribution < -0.4 is 12.4 Å². The lowest BCUT2D eigenvalue weighted by molar-refractivity contribution is -0.442. The van der Waals surface area contributed by atoms with Crippen LogP contribution >= 0.6 is 0 Å². The van der Waals surface area contributed by atoms with Crippen LogP contribution in [0.15, 0.2) is 24.3 Å². The monoisotopic (exact) mass is 239 g/mol. The van der Waals surface area contributed by atoms with E-state index in [0.717, 1.165) is 0 Å². The summed E-state index contributed by atoms with van der Waals surface area (Å²) >= 11 is 0. The van der Waals surface area contributed by atoms with Crippen molar-refractivity contribution in [2.24, 2.45) is 0 Å². The van der Waals surface area contributed by atoms with Gasteiger partial charge in [-0.1, -0.05) is 18.2 Å². The first kappa shape index (κ1) is 13.2. The summed E-state index contributed by atoms with van der Waals surface area (Å²) < 4.78 is 2.22. The maximum Gasteiger partial charge on any atom is 0.209 e. The smallest absolute Gasteiger partial charge is 0.209 e. The van der Waals surface area contributed by atoms with Gasteiger partial charge < -0.3 is 17.5 Å². The molecule has 0 unspecified atom stereocenters. The van der Waals surface area contributed by atoms with Gasteiger partial charge in [-0.15, -0.1) is 0 Å². The van der Waals surface area contributed by atoms with Crippen LogP contribution in [-0.4, -0.2) is 28.5 Å². The highest BCUT2D eigenvalue weighted by Gasteiger charge is 2.42. The third kappa shape index (κ3) is 1.76. The first-order valence-corrected chi connectivity index (χ1v) is 5.41. The molecular formula is C13H18ClNO. The van der Waals surface area contributed by atoms with E-state index in [1.54, 1.807) is 0 Å². The molecular weight excluding hydrogens is 222 g/mol. The Morgan fingerprint density at radius 3 is 2.50 bits per heavy atom. The molecule has 16 heavy (non-hydrogen) atoms. The summed E-state index contributed by atoms with van der Waals surface area (Å²) in [5, 5.41) is 9.09. The van der Waals surface area contributed by atoms with Gasteiger partial charge in [-0.05, 0) is 13.8 Å². The van der Waals surface area contributed by atoms with Crippen LogP contribution in [-0.2, 0) is 5.41 Å². The predicted octanol–water partition coefficient (Wildman–Crippen LogP) is -0.921. The molecule has 2 rings (SSSR count). The second-order valence-corrected chi connectivity index (χ2v) is 4.60. The number of benzene rings is 1. The van der Waals surface area contributed by atoms with E-state index in [1.165, 1.54) is 17.0 Å². The maximum absolute atomic E-state index is 9.09. The summed E-state index contributed by atoms with van der Waals surface area (Å²) in [6.45, 7) is 7.50. The minimum atomic E-state index is 0. The molecule has 0 radical (unpaired) electrons. The molecule has 0 saturated carbocycles. The number of β-amino-alcohol motifs (C(OH)–C–C–N with tert-alkyl or cyclic N) is 1. The molecule has 88 valence electrons. The molecule has 3 heteroatoms. The summed E-state index contributed by atoms with van der Waals surface area (Å²) in [7, 11) is 0. The quantitative estimate of drug-likeness (QED) is 0.663. The van der Waals surface area contributed by atoms with Crippen LogP contribution in [0, 0.1) is 0 Å². The number of rotatable bonds is 2. The van der Waals surface area contributed by atoms with Gasteiger partial charge in [-0.25, -0.2) is 0 Å². The lowest BCUT2D eigenvalue weighted by Crippen LogP contribution is -3.00. The molecule has 0 saturated heterocycles. The standard InChI is InChI=1S/C13H18NO.ClH/c1-10-13(2,3)11-6-4-5-7-12(11)14(10)8-9-15;/h4-7,15H,8-9H2,1-3H3;1H/q+1;/p-1. The molecule has 1 aromatic carbocycles. The lowest BCUT2D eigenvalue weighted by atomic mass is 9.82. The average molecular weight is 240 g/mol. The number of hydrogen-bond acceptors (Lipinski definition) is 1. The Balaban J connectivity index is 0.00000128. The van der Waals surface area contributed by atoms with Gasteiger partial charge in [-0.3, -0.25) is 0 Å². The number of aliphatic hydroxyl groups is 1. The molecule has 1 N–H and O–H groups in total. The molecule has 1 aliphatic rings. The van der Waals surface area contributed by atoms with Gasteiger partial charge >= 0.3 is 0 Å². The van der Waals surface area contributed by atoms with Gasteiger partial charge in [0.2, 0.25) is 5.69 Å². The molecule has 0 atom stereocenters. The third-order valence-electron chi connectivity index (χ3n) is 3.50. The van der Waals surface area contributed by atoms with Crippen LogP contribution in [0.5, 0.6) is 0 Å². The molecule has 0 aliphatic carbocycles. The minimum Gasteiger partial charge on any atom is -1.00 e. The molecule has 0 aromatic heterocycles. The average Bonchev–Trinajstić information content (AvgIpc) is 2.42. The number of nitrogens with zero attached hydrogens (tertiary/aromatic N) is 1. The van der Waals surface area contributed by atoms with E-state index in [0.29, 0.717) is 6.54 Å². The summed E-state index contributed by atoms with van der Waals surface area (Å²) in [6, 6.07) is 8.44. The Morgan fingerprint density at radius 2 is 1.88 bits per heavy atom. The lowest BCUT2D eigenvalue weighted by Gasteiger charge is -2.14. The Morgan fingerprint density at radius 1 is 1.25 bits per heavy atom. The van der Waals surface area contributed by atoms with Crippen LogP contribution in [0.4, 0.5) is 5.69 Å². The second kappa shape index (κ2) is 4.56. The summed E-state index contributed by atoms with van der Waals surface area (Å²) in [6.07, 6.45) is 0. The fourth-order valence-corrected chi connectivity index (χ4v) is 2.34. The van der Waals surface area contributed by atoms with Gasteiger partial charge in [-0.2, -0.15) is 4.58 Å². The van der Waals surface area contributed by atoms with Crippen molar-refractivity contribution in [1.82, 2.24) is 0 Å². The normalized spacial score (nSPS) is 17.0. The van der Waals surface area contributed by atoms with Gasteiger partial charge in [0.15, 0.2) is 12.3 Å². The SMILES string of the molecule is CC1=[N+](CCO)c2ccccc2C1(C)C.[Cl-]. The molecule has 0 amide bonds. The fraction of sp³-hybridized carbons (Fsp3) is 0.462. The molecule has 1 heterocycles. The molecule has 0 bridgehead atoms. The van der Waals surface area contributed by atoms with Crippen molar-refractivity contribution in [3.63, 3.8) is 0 Å². The molecule has 0 fully saturated rings. The fourth-order valence-electron chi connectivity index (χ4n) is 2.34. The second-order valence-electron chi connectivity index (χ2n) is 4.60. The number of hydrogen-bond donors (Lipinski definition) is 1. The molecule has 0 spiro atoms. The van der Waals surface area contributed by atoms with Crippen molar-refractivity contribution in [2.75, 3.05) is 13.2 Å². The Hall–Kier alpha value is -0.860. The van der Waals surface area contributed by atoms with Crippen LogP contribution in [0.2, 0.25) is 0 Å². The zero-order valence-corrected chi connectivity index (χ0v) is 10.8. The van der Waals surface area contributed by atoms with Crippen LogP contribution in [0.1, 0.15) is 26.3 Å². The zero-order chi connectivity index (χ0) is 11.1. The van der Waals surface area contributed by atoms with Crippen LogP contribution in [0.3, 0.4) is 0 Å². The van der Waals surface area contributed by atoms with E-state index in [9.17, 15) is 0 Å². The number of halogens is 1. The number of para-hydroxylation sites is 1. The van der Waals surface area contributed by atoms with Crippen molar-refractivity contribution in [2.45, 2.75) is 26.2 Å². The first-order valence-electron chi connectivity index (χ1n) is 5.41. The Bertz CT molecular complexity index is 424. The van der Waals surface area contributed by atoms with Gasteiger partial charge in [0.1, 0.15) is 6.61 Å². The van der Waals surface area contributed by atoms with E-state index in [2.05, 4.69) is 49.6 Å². The highest BCUT2D eigenvalue weighted by molar-refractivity contribution is 5.93. The van der Waals surface area contributed by atoms with E-state index in [-0.39, 0.29) is 24.4 Å². The largest absolute Gasteiger partial charge is 1.00 e. The summed E-state index contributed by atoms with van der Waals surface area (Å²) in [4.78, 5) is 0. The van der Waals surface area contributed by atoms with Gasteiger partial charge in [0, 0.05) is 18.6 Å². The number of aliphatic hydroxyl groups excluding tert-OH is 1. The van der Waals surface area contributed by atoms with E-state index >= 15 is 0 Å². The summed E-state index contributed by atoms with van der Waals surface area (Å²) in [5.74, 6) is 0. The highest BCUT2D eigenvalue weighted by atomic mass is 35.5. The Labute approximate surface area is 103 Å². The van der Waals surface area contributed by atoms with E-state index in [4.69, 9.17) is 5.11 Å². The van der Waals surface area contributed by atoms with E-state index < -0.39 is 0 Å². The minimum absolute atomic E-state index is 0. The van der Waals surface area contributed by atoms with Crippen molar-refractivity contribution >= 4 is 11.4 Å². The van der Waals surface area contributed by atoms with Gasteiger partial charge in [0.25, 0.3) is 0 Å². The van der Waals surface area contributed by atoms with Crippen molar-refractivity contribution in [3.05, 3.63) is 29.8 Å². The van der Waals surface area contributed by atoms with Crippen molar-refractivity contribution in [1.29, 1.82) is 0 Å². The van der Waals surface area contributed by atoms with E-state index in [1.807, 2.05) is 0 Å². The first-order chi connectivity index (χ1) is 7.09. The molecule has 2 nitrogen and oxygen atoms in total. The highest BCUT2D eigenvalue weighted by Crippen LogP contribution is 2.38. The summed E-state index contributed by atoms with van der Waals surface area (Å²) in [5.41, 5.74) is 4.01. The van der Waals surface area contributed by atoms with Gasteiger partial charge in [0.05, 0.1) is 5.41 Å². The van der Waals surface area contributed by atoms with Crippen molar-refractivity contribution < 1.29 is 22.1 Å². The topological polar surface area (TPSA) is 23.2 Å². The molecule has 1 aromatic rings. The predicted molar refractivity (Wildman–Crippen MR) is 62.0 cm³/mol. The number of fused-ring (bicyclic) bond motifs is 1. The van der Waals surface area contributed by atoms with Crippen LogP contribution in [0.25, 0.3) is 0 Å². The maximum atomic E-state index is 9.09. The molecule has 1 aliphatic heterocycles. The Kier molecular flexibility index (Phi) is 3.76.